The van der Waals surface area contributed by atoms with Crippen LogP contribution in [-0.4, -0.2) is 48.6 Å². The SMILES string of the molecule is C#CC(=O)c1cnc(N2CCN(C(C)c3ccc4c(c3)OCO4)CC2)s1. The molecule has 0 saturated carbocycles. The van der Waals surface area contributed by atoms with Crippen molar-refractivity contribution in [2.24, 2.45) is 0 Å². The maximum absolute atomic E-state index is 11.6. The van der Waals surface area contributed by atoms with E-state index < -0.39 is 0 Å². The normalized spacial score (nSPS) is 17.8. The largest absolute Gasteiger partial charge is 0.454 e. The van der Waals surface area contributed by atoms with Crippen molar-refractivity contribution in [3.05, 3.63) is 34.8 Å². The number of hydrogen-bond donors (Lipinski definition) is 0. The van der Waals surface area contributed by atoms with Gasteiger partial charge < -0.3 is 14.4 Å². The third-order valence-electron chi connectivity index (χ3n) is 4.86. The monoisotopic (exact) mass is 369 g/mol. The topological polar surface area (TPSA) is 54.9 Å². The molecule has 1 aromatic carbocycles. The van der Waals surface area contributed by atoms with Crippen molar-refractivity contribution in [2.75, 3.05) is 37.9 Å². The molecule has 0 radical (unpaired) electrons. The third kappa shape index (κ3) is 3.14. The number of ether oxygens (including phenoxy) is 2. The Labute approximate surface area is 156 Å². The summed E-state index contributed by atoms with van der Waals surface area (Å²) in [6.07, 6.45) is 6.75. The van der Waals surface area contributed by atoms with Crippen molar-refractivity contribution in [2.45, 2.75) is 13.0 Å². The first-order valence-electron chi connectivity index (χ1n) is 8.51. The number of thiazole rings is 1. The highest BCUT2D eigenvalue weighted by atomic mass is 32.1. The first-order chi connectivity index (χ1) is 12.7. The molecule has 1 unspecified atom stereocenters. The number of Topliss-reactive ketones (excluding diaryl/α,β-unsaturated/α-hetero) is 1. The number of terminal acetylenes is 1. The number of carbonyl (C=O) groups excluding carboxylic acids is 1. The van der Waals surface area contributed by atoms with Gasteiger partial charge in [-0.15, -0.1) is 6.42 Å². The van der Waals surface area contributed by atoms with E-state index in [0.29, 0.717) is 17.7 Å². The van der Waals surface area contributed by atoms with Gasteiger partial charge in [-0.2, -0.15) is 0 Å². The van der Waals surface area contributed by atoms with E-state index in [2.05, 4.69) is 39.8 Å². The lowest BCUT2D eigenvalue weighted by atomic mass is 10.1. The Balaban J connectivity index is 1.39. The molecule has 2 aliphatic heterocycles. The molecule has 26 heavy (non-hydrogen) atoms. The molecule has 6 nitrogen and oxygen atoms in total. The molecule has 0 aliphatic carbocycles. The fraction of sp³-hybridized carbons (Fsp3) is 0.368. The van der Waals surface area contributed by atoms with Crippen LogP contribution in [0.25, 0.3) is 0 Å². The van der Waals surface area contributed by atoms with E-state index in [4.69, 9.17) is 15.9 Å². The zero-order chi connectivity index (χ0) is 18.1. The summed E-state index contributed by atoms with van der Waals surface area (Å²) < 4.78 is 10.9. The molecule has 0 amide bonds. The van der Waals surface area contributed by atoms with Gasteiger partial charge in [-0.1, -0.05) is 17.4 Å². The van der Waals surface area contributed by atoms with Crippen molar-refractivity contribution in [1.82, 2.24) is 9.88 Å². The van der Waals surface area contributed by atoms with E-state index in [-0.39, 0.29) is 5.78 Å². The summed E-state index contributed by atoms with van der Waals surface area (Å²) in [4.78, 5) is 21.1. The van der Waals surface area contributed by atoms with Crippen LogP contribution in [0.15, 0.2) is 24.4 Å². The number of hydrogen-bond acceptors (Lipinski definition) is 7. The molecular formula is C19H19N3O3S. The van der Waals surface area contributed by atoms with Gasteiger partial charge in [-0.05, 0) is 30.5 Å². The molecule has 2 aromatic rings. The number of nitrogens with zero attached hydrogens (tertiary/aromatic N) is 3. The van der Waals surface area contributed by atoms with E-state index >= 15 is 0 Å². The second-order valence-electron chi connectivity index (χ2n) is 6.29. The molecule has 0 spiro atoms. The quantitative estimate of drug-likeness (QED) is 0.469. The number of aromatic nitrogens is 1. The van der Waals surface area contributed by atoms with Crippen LogP contribution in [0.2, 0.25) is 0 Å². The maximum atomic E-state index is 11.6. The van der Waals surface area contributed by atoms with Crippen molar-refractivity contribution >= 4 is 22.3 Å². The number of rotatable bonds is 4. The highest BCUT2D eigenvalue weighted by Gasteiger charge is 2.25. The minimum Gasteiger partial charge on any atom is -0.454 e. The average molecular weight is 369 g/mol. The molecule has 2 aliphatic rings. The molecule has 134 valence electrons. The van der Waals surface area contributed by atoms with Crippen LogP contribution in [0.4, 0.5) is 5.13 Å². The minimum absolute atomic E-state index is 0.293. The van der Waals surface area contributed by atoms with Crippen molar-refractivity contribution < 1.29 is 14.3 Å². The Hall–Kier alpha value is -2.56. The van der Waals surface area contributed by atoms with E-state index in [1.165, 1.54) is 16.9 Å². The van der Waals surface area contributed by atoms with Gasteiger partial charge in [0, 0.05) is 32.2 Å². The Bertz CT molecular complexity index is 865. The summed E-state index contributed by atoms with van der Waals surface area (Å²) in [6, 6.07) is 6.44. The predicted molar refractivity (Wildman–Crippen MR) is 100 cm³/mol. The van der Waals surface area contributed by atoms with Crippen LogP contribution in [0, 0.1) is 12.3 Å². The minimum atomic E-state index is -0.302. The van der Waals surface area contributed by atoms with E-state index in [0.717, 1.165) is 42.8 Å². The number of carbonyl (C=O) groups is 1. The van der Waals surface area contributed by atoms with Gasteiger partial charge in [0.2, 0.25) is 12.6 Å². The van der Waals surface area contributed by atoms with Crippen molar-refractivity contribution in [3.8, 4) is 23.8 Å². The highest BCUT2D eigenvalue weighted by Crippen LogP contribution is 2.35. The smallest absolute Gasteiger partial charge is 0.247 e. The number of ketones is 1. The molecule has 4 rings (SSSR count). The van der Waals surface area contributed by atoms with Crippen LogP contribution in [0.5, 0.6) is 11.5 Å². The second-order valence-corrected chi connectivity index (χ2v) is 7.30. The highest BCUT2D eigenvalue weighted by molar-refractivity contribution is 7.17. The first-order valence-corrected chi connectivity index (χ1v) is 9.32. The summed E-state index contributed by atoms with van der Waals surface area (Å²) in [7, 11) is 0. The molecule has 3 heterocycles. The summed E-state index contributed by atoms with van der Waals surface area (Å²) in [5.41, 5.74) is 1.22. The van der Waals surface area contributed by atoms with Gasteiger partial charge in [-0.25, -0.2) is 4.98 Å². The summed E-state index contributed by atoms with van der Waals surface area (Å²) >= 11 is 1.37. The number of benzene rings is 1. The van der Waals surface area contributed by atoms with Gasteiger partial charge in [0.05, 0.1) is 6.20 Å². The number of anilines is 1. The lowest BCUT2D eigenvalue weighted by Gasteiger charge is -2.38. The zero-order valence-electron chi connectivity index (χ0n) is 14.5. The van der Waals surface area contributed by atoms with Crippen LogP contribution >= 0.6 is 11.3 Å². The summed E-state index contributed by atoms with van der Waals surface area (Å²) in [6.45, 7) is 6.09. The molecule has 0 N–H and O–H groups in total. The summed E-state index contributed by atoms with van der Waals surface area (Å²) in [5, 5.41) is 0.860. The van der Waals surface area contributed by atoms with Crippen LogP contribution in [-0.2, 0) is 0 Å². The second kappa shape index (κ2) is 6.98. The lowest BCUT2D eigenvalue weighted by Crippen LogP contribution is -2.47. The van der Waals surface area contributed by atoms with Gasteiger partial charge in [0.25, 0.3) is 0 Å². The van der Waals surface area contributed by atoms with Gasteiger partial charge in [-0.3, -0.25) is 9.69 Å². The lowest BCUT2D eigenvalue weighted by molar-refractivity contribution is 0.106. The van der Waals surface area contributed by atoms with Crippen molar-refractivity contribution in [1.29, 1.82) is 0 Å². The maximum Gasteiger partial charge on any atom is 0.247 e. The Kier molecular flexibility index (Phi) is 4.53. The third-order valence-corrected chi connectivity index (χ3v) is 5.92. The Morgan fingerprint density at radius 1 is 1.27 bits per heavy atom. The Morgan fingerprint density at radius 2 is 2.04 bits per heavy atom. The van der Waals surface area contributed by atoms with Gasteiger partial charge >= 0.3 is 0 Å². The van der Waals surface area contributed by atoms with Gasteiger partial charge in [0.15, 0.2) is 16.6 Å². The molecule has 0 bridgehead atoms. The van der Waals surface area contributed by atoms with E-state index in [1.807, 2.05) is 6.07 Å². The van der Waals surface area contributed by atoms with E-state index in [1.54, 1.807) is 6.20 Å². The van der Waals surface area contributed by atoms with Crippen LogP contribution in [0.3, 0.4) is 0 Å². The zero-order valence-corrected chi connectivity index (χ0v) is 15.3. The fourth-order valence-corrected chi connectivity index (χ4v) is 4.14. The summed E-state index contributed by atoms with van der Waals surface area (Å²) in [5.74, 6) is 3.47. The number of fused-ring (bicyclic) bond motifs is 1. The fourth-order valence-electron chi connectivity index (χ4n) is 3.27. The Morgan fingerprint density at radius 3 is 2.81 bits per heavy atom. The molecule has 1 atom stereocenters. The van der Waals surface area contributed by atoms with Crippen molar-refractivity contribution in [3.63, 3.8) is 0 Å². The first kappa shape index (κ1) is 16.9. The molecular weight excluding hydrogens is 350 g/mol. The molecule has 1 aromatic heterocycles. The molecule has 7 heteroatoms. The molecule has 1 saturated heterocycles. The van der Waals surface area contributed by atoms with Crippen LogP contribution in [0.1, 0.15) is 28.2 Å². The van der Waals surface area contributed by atoms with Crippen LogP contribution < -0.4 is 14.4 Å². The average Bonchev–Trinajstić information content (AvgIpc) is 3.35. The van der Waals surface area contributed by atoms with E-state index in [9.17, 15) is 4.79 Å². The predicted octanol–water partition coefficient (Wildman–Crippen LogP) is 2.57. The standard InChI is InChI=1S/C19H19N3O3S/c1-3-15(23)18-11-20-19(26-18)22-8-6-21(7-9-22)13(2)14-4-5-16-17(10-14)25-12-24-16/h1,4-5,10-11,13H,6-9,12H2,2H3. The number of piperazine rings is 1. The molecule has 1 fully saturated rings. The van der Waals surface area contributed by atoms with Gasteiger partial charge in [0.1, 0.15) is 4.88 Å².